The summed E-state index contributed by atoms with van der Waals surface area (Å²) in [6, 6.07) is 3.86. The highest BCUT2D eigenvalue weighted by atomic mass is 16.2. The number of aryl methyl sites for hydroxylation is 1. The maximum absolute atomic E-state index is 12.1. The van der Waals surface area contributed by atoms with Gasteiger partial charge in [-0.25, -0.2) is 9.78 Å². The van der Waals surface area contributed by atoms with Crippen LogP contribution >= 0.6 is 0 Å². The minimum Gasteiger partial charge on any atom is -0.362 e. The van der Waals surface area contributed by atoms with Crippen molar-refractivity contribution in [2.75, 3.05) is 19.0 Å². The third kappa shape index (κ3) is 3.61. The average Bonchev–Trinajstić information content (AvgIpc) is 3.00. The van der Waals surface area contributed by atoms with Crippen LogP contribution in [0.1, 0.15) is 23.2 Å². The van der Waals surface area contributed by atoms with Crippen molar-refractivity contribution >= 4 is 11.8 Å². The van der Waals surface area contributed by atoms with Gasteiger partial charge in [0.05, 0.1) is 6.20 Å². The summed E-state index contributed by atoms with van der Waals surface area (Å²) in [4.78, 5) is 18.4. The number of nitrogens with one attached hydrogen (secondary N) is 3. The van der Waals surface area contributed by atoms with Crippen LogP contribution in [-0.2, 0) is 19.4 Å². The Kier molecular flexibility index (Phi) is 4.45. The van der Waals surface area contributed by atoms with Crippen molar-refractivity contribution in [3.05, 3.63) is 41.3 Å². The molecule has 0 unspecified atom stereocenters. The summed E-state index contributed by atoms with van der Waals surface area (Å²) in [5.41, 5.74) is 3.38. The molecule has 2 heterocycles. The van der Waals surface area contributed by atoms with Crippen molar-refractivity contribution < 1.29 is 4.79 Å². The van der Waals surface area contributed by atoms with Crippen LogP contribution in [0.4, 0.5) is 10.6 Å². The second-order valence-corrected chi connectivity index (χ2v) is 6.02. The van der Waals surface area contributed by atoms with Gasteiger partial charge in [0.2, 0.25) is 0 Å². The molecule has 0 spiro atoms. The first kappa shape index (κ1) is 15.3. The van der Waals surface area contributed by atoms with E-state index in [0.29, 0.717) is 6.54 Å². The Morgan fingerprint density at radius 2 is 2.35 bits per heavy atom. The van der Waals surface area contributed by atoms with Crippen LogP contribution in [0.3, 0.4) is 0 Å². The van der Waals surface area contributed by atoms with E-state index in [1.165, 1.54) is 11.3 Å². The Morgan fingerprint density at radius 3 is 3.17 bits per heavy atom. The van der Waals surface area contributed by atoms with Crippen molar-refractivity contribution in [2.45, 2.75) is 31.8 Å². The van der Waals surface area contributed by atoms with E-state index in [0.717, 1.165) is 30.6 Å². The number of amides is 2. The molecule has 0 aromatic carbocycles. The number of aromatic nitrogens is 3. The van der Waals surface area contributed by atoms with Crippen LogP contribution in [0.25, 0.3) is 0 Å². The fraction of sp³-hybridized carbons (Fsp3) is 0.438. The van der Waals surface area contributed by atoms with Crippen molar-refractivity contribution in [3.8, 4) is 0 Å². The molecular formula is C16H22N6O. The Labute approximate surface area is 135 Å². The highest BCUT2D eigenvalue weighted by molar-refractivity contribution is 5.74. The third-order valence-corrected chi connectivity index (χ3v) is 4.08. The highest BCUT2D eigenvalue weighted by Crippen LogP contribution is 2.19. The summed E-state index contributed by atoms with van der Waals surface area (Å²) in [5.74, 6) is 0.869. The summed E-state index contributed by atoms with van der Waals surface area (Å²) >= 11 is 0. The lowest BCUT2D eigenvalue weighted by Crippen LogP contribution is -2.44. The number of carbonyl (C=O) groups excluding carboxylic acids is 1. The number of fused-ring (bicyclic) bond motifs is 1. The smallest absolute Gasteiger partial charge is 0.315 e. The molecule has 1 atom stereocenters. The average molecular weight is 314 g/mol. The van der Waals surface area contributed by atoms with Gasteiger partial charge in [0.15, 0.2) is 0 Å². The molecule has 0 fully saturated rings. The van der Waals surface area contributed by atoms with Crippen LogP contribution in [0.2, 0.25) is 0 Å². The Bertz CT molecular complexity index is 681. The lowest BCUT2D eigenvalue weighted by Gasteiger charge is -2.23. The van der Waals surface area contributed by atoms with Gasteiger partial charge in [0, 0.05) is 44.1 Å². The van der Waals surface area contributed by atoms with E-state index >= 15 is 0 Å². The number of urea groups is 1. The largest absolute Gasteiger partial charge is 0.362 e. The molecule has 7 nitrogen and oxygen atoms in total. The van der Waals surface area contributed by atoms with Crippen LogP contribution in [0, 0.1) is 0 Å². The van der Waals surface area contributed by atoms with Gasteiger partial charge in [-0.2, -0.15) is 5.10 Å². The molecular weight excluding hydrogens is 292 g/mol. The summed E-state index contributed by atoms with van der Waals surface area (Å²) in [6.07, 6.45) is 6.28. The van der Waals surface area contributed by atoms with Gasteiger partial charge in [0.25, 0.3) is 0 Å². The quantitative estimate of drug-likeness (QED) is 0.792. The minimum atomic E-state index is -0.143. The number of nitrogens with zero attached hydrogens (tertiary/aromatic N) is 3. The number of aromatic amines is 1. The molecule has 1 aliphatic carbocycles. The lowest BCUT2D eigenvalue weighted by molar-refractivity contribution is 0.235. The molecule has 0 bridgehead atoms. The van der Waals surface area contributed by atoms with E-state index in [9.17, 15) is 4.79 Å². The summed E-state index contributed by atoms with van der Waals surface area (Å²) in [5, 5.41) is 13.0. The monoisotopic (exact) mass is 314 g/mol. The predicted molar refractivity (Wildman–Crippen MR) is 88.3 cm³/mol. The first-order valence-electron chi connectivity index (χ1n) is 7.80. The summed E-state index contributed by atoms with van der Waals surface area (Å²) < 4.78 is 0. The molecule has 0 radical (unpaired) electrons. The standard InChI is InChI=1S/C16H22N6O/c1-22(2)15-11(4-3-7-17-15)9-18-16(23)20-13-5-6-14-12(8-13)10-19-21-14/h3-4,7,10,13H,5-6,8-9H2,1-2H3,(H,19,21)(H2,18,20,23)/t13-/m0/s1. The number of hydrogen-bond acceptors (Lipinski definition) is 4. The van der Waals surface area contributed by atoms with Crippen molar-refractivity contribution in [1.29, 1.82) is 0 Å². The summed E-state index contributed by atoms with van der Waals surface area (Å²) in [7, 11) is 3.88. The third-order valence-electron chi connectivity index (χ3n) is 4.08. The van der Waals surface area contributed by atoms with Crippen LogP contribution in [0.15, 0.2) is 24.5 Å². The van der Waals surface area contributed by atoms with Gasteiger partial charge in [-0.1, -0.05) is 6.07 Å². The fourth-order valence-electron chi connectivity index (χ4n) is 2.92. The zero-order valence-corrected chi connectivity index (χ0v) is 13.5. The van der Waals surface area contributed by atoms with E-state index in [-0.39, 0.29) is 12.1 Å². The first-order chi connectivity index (χ1) is 11.1. The molecule has 2 aromatic rings. The van der Waals surface area contributed by atoms with Gasteiger partial charge < -0.3 is 15.5 Å². The molecule has 3 N–H and O–H groups in total. The van der Waals surface area contributed by atoms with Crippen LogP contribution in [-0.4, -0.2) is 41.3 Å². The number of H-pyrrole nitrogens is 1. The Balaban J connectivity index is 1.53. The van der Waals surface area contributed by atoms with E-state index in [1.807, 2.05) is 37.3 Å². The molecule has 3 rings (SSSR count). The second-order valence-electron chi connectivity index (χ2n) is 6.02. The summed E-state index contributed by atoms with van der Waals surface area (Å²) in [6.45, 7) is 0.455. The van der Waals surface area contributed by atoms with E-state index in [1.54, 1.807) is 6.20 Å². The van der Waals surface area contributed by atoms with E-state index in [4.69, 9.17) is 0 Å². The molecule has 0 saturated heterocycles. The Hall–Kier alpha value is -2.57. The van der Waals surface area contributed by atoms with Gasteiger partial charge in [-0.05, 0) is 30.9 Å². The Morgan fingerprint density at radius 1 is 1.48 bits per heavy atom. The van der Waals surface area contributed by atoms with Gasteiger partial charge in [-0.15, -0.1) is 0 Å². The van der Waals surface area contributed by atoms with Crippen molar-refractivity contribution in [2.24, 2.45) is 0 Å². The lowest BCUT2D eigenvalue weighted by atomic mass is 9.94. The van der Waals surface area contributed by atoms with Gasteiger partial charge in [0.1, 0.15) is 5.82 Å². The van der Waals surface area contributed by atoms with Crippen LogP contribution in [0.5, 0.6) is 0 Å². The van der Waals surface area contributed by atoms with Gasteiger partial charge in [-0.3, -0.25) is 5.10 Å². The molecule has 122 valence electrons. The topological polar surface area (TPSA) is 85.9 Å². The highest BCUT2D eigenvalue weighted by Gasteiger charge is 2.21. The molecule has 0 saturated carbocycles. The maximum atomic E-state index is 12.1. The number of anilines is 1. The molecule has 2 aromatic heterocycles. The zero-order chi connectivity index (χ0) is 16.2. The maximum Gasteiger partial charge on any atom is 0.315 e. The zero-order valence-electron chi connectivity index (χ0n) is 13.5. The van der Waals surface area contributed by atoms with E-state index < -0.39 is 0 Å². The van der Waals surface area contributed by atoms with Crippen LogP contribution < -0.4 is 15.5 Å². The normalized spacial score (nSPS) is 16.5. The molecule has 0 aliphatic heterocycles. The molecule has 23 heavy (non-hydrogen) atoms. The fourth-order valence-corrected chi connectivity index (χ4v) is 2.92. The molecule has 1 aliphatic rings. The predicted octanol–water partition coefficient (Wildman–Crippen LogP) is 1.23. The minimum absolute atomic E-state index is 0.143. The van der Waals surface area contributed by atoms with Crippen molar-refractivity contribution in [3.63, 3.8) is 0 Å². The number of pyridine rings is 1. The second kappa shape index (κ2) is 6.68. The number of carbonyl (C=O) groups is 1. The van der Waals surface area contributed by atoms with Crippen molar-refractivity contribution in [1.82, 2.24) is 25.8 Å². The molecule has 7 heteroatoms. The number of rotatable bonds is 4. The van der Waals surface area contributed by atoms with Gasteiger partial charge >= 0.3 is 6.03 Å². The number of hydrogen-bond donors (Lipinski definition) is 3. The van der Waals surface area contributed by atoms with E-state index in [2.05, 4.69) is 25.8 Å². The SMILES string of the molecule is CN(C)c1ncccc1CNC(=O)N[C@H]1CCc2[nH]ncc2C1. The first-order valence-corrected chi connectivity index (χ1v) is 7.80. The molecule has 2 amide bonds.